The third kappa shape index (κ3) is 3.30. The van der Waals surface area contributed by atoms with Crippen molar-refractivity contribution in [3.8, 4) is 0 Å². The van der Waals surface area contributed by atoms with Crippen LogP contribution in [0.1, 0.15) is 27.2 Å². The van der Waals surface area contributed by atoms with Gasteiger partial charge in [0, 0.05) is 24.8 Å². The molecule has 1 aliphatic rings. The van der Waals surface area contributed by atoms with Gasteiger partial charge in [0.2, 0.25) is 0 Å². The minimum atomic E-state index is -1.26. The number of aliphatic hydroxyl groups is 1. The molecule has 1 aliphatic heterocycles. The molecule has 5 nitrogen and oxygen atoms in total. The molecule has 0 radical (unpaired) electrons. The van der Waals surface area contributed by atoms with E-state index in [1.807, 2.05) is 19.9 Å². The number of allylic oxidation sites excluding steroid dienone is 2. The van der Waals surface area contributed by atoms with Crippen molar-refractivity contribution in [3.05, 3.63) is 22.3 Å². The number of aliphatic imine (C=N–C) groups is 1. The predicted octanol–water partition coefficient (Wildman–Crippen LogP) is 2.06. The monoisotopic (exact) mass is 283 g/mol. The molecule has 1 rings (SSSR count). The topological polar surface area (TPSA) is 76.8 Å². The van der Waals surface area contributed by atoms with E-state index in [1.54, 1.807) is 7.05 Å². The smallest absolute Gasteiger partial charge is 0.258 e. The highest BCUT2D eigenvalue weighted by Gasteiger charge is 2.37. The highest BCUT2D eigenvalue weighted by atomic mass is 35.5. The summed E-state index contributed by atoms with van der Waals surface area (Å²) in [6, 6.07) is 0. The molecule has 0 bridgehead atoms. The number of rotatable bonds is 3. The normalized spacial score (nSPS) is 20.1. The second-order valence-electron chi connectivity index (χ2n) is 4.58. The van der Waals surface area contributed by atoms with Crippen LogP contribution in [-0.4, -0.2) is 40.7 Å². The van der Waals surface area contributed by atoms with Gasteiger partial charge in [-0.3, -0.25) is 20.1 Å². The predicted molar refractivity (Wildman–Crippen MR) is 76.5 cm³/mol. The highest BCUT2D eigenvalue weighted by Crippen LogP contribution is 2.27. The number of carbonyl (C=O) groups is 1. The fourth-order valence-corrected chi connectivity index (χ4v) is 1.93. The summed E-state index contributed by atoms with van der Waals surface area (Å²) in [4.78, 5) is 16.9. The first kappa shape index (κ1) is 15.6. The average Bonchev–Trinajstić information content (AvgIpc) is 2.52. The molecule has 2 N–H and O–H groups in total. The standard InChI is InChI=1S/C13H18ClN3O2/c1-7(2)5-9(16-4)6-10(15)17-12(18)8(3)11(14)13(17)19/h5,13,15,19H,6H2,1-4H3. The summed E-state index contributed by atoms with van der Waals surface area (Å²) >= 11 is 5.83. The van der Waals surface area contributed by atoms with E-state index < -0.39 is 12.1 Å². The van der Waals surface area contributed by atoms with Crippen LogP contribution >= 0.6 is 11.6 Å². The molecule has 0 aliphatic carbocycles. The van der Waals surface area contributed by atoms with Crippen molar-refractivity contribution in [2.24, 2.45) is 4.99 Å². The number of nitrogens with zero attached hydrogens (tertiary/aromatic N) is 2. The molecule has 0 fully saturated rings. The second-order valence-corrected chi connectivity index (χ2v) is 4.99. The fraction of sp³-hybridized carbons (Fsp3) is 0.462. The number of hydrogen-bond donors (Lipinski definition) is 2. The van der Waals surface area contributed by atoms with Crippen LogP contribution in [0.15, 0.2) is 27.2 Å². The van der Waals surface area contributed by atoms with E-state index in [2.05, 4.69) is 4.99 Å². The Kier molecular flexibility index (Phi) is 5.03. The third-order valence-corrected chi connectivity index (χ3v) is 3.23. The van der Waals surface area contributed by atoms with E-state index in [9.17, 15) is 9.90 Å². The Hall–Kier alpha value is -1.46. The van der Waals surface area contributed by atoms with Crippen LogP contribution in [0.3, 0.4) is 0 Å². The van der Waals surface area contributed by atoms with Crippen molar-refractivity contribution in [1.82, 2.24) is 4.90 Å². The molecular weight excluding hydrogens is 266 g/mol. The summed E-state index contributed by atoms with van der Waals surface area (Å²) in [5, 5.41) is 17.9. The van der Waals surface area contributed by atoms with Crippen LogP contribution in [0.4, 0.5) is 0 Å². The largest absolute Gasteiger partial charge is 0.368 e. The first-order chi connectivity index (χ1) is 8.79. The number of amidine groups is 1. The lowest BCUT2D eigenvalue weighted by atomic mass is 10.1. The van der Waals surface area contributed by atoms with Gasteiger partial charge in [-0.15, -0.1) is 0 Å². The number of carbonyl (C=O) groups excluding carboxylic acids is 1. The molecule has 1 unspecified atom stereocenters. The molecule has 0 spiro atoms. The molecule has 19 heavy (non-hydrogen) atoms. The fourth-order valence-electron chi connectivity index (χ4n) is 1.76. The van der Waals surface area contributed by atoms with Gasteiger partial charge < -0.3 is 5.11 Å². The molecular formula is C13H18ClN3O2. The molecule has 0 aromatic rings. The van der Waals surface area contributed by atoms with Crippen LogP contribution in [0.25, 0.3) is 0 Å². The average molecular weight is 284 g/mol. The van der Waals surface area contributed by atoms with Gasteiger partial charge in [-0.25, -0.2) is 0 Å². The second kappa shape index (κ2) is 6.12. The zero-order valence-electron chi connectivity index (χ0n) is 11.5. The van der Waals surface area contributed by atoms with Gasteiger partial charge in [0.25, 0.3) is 5.91 Å². The van der Waals surface area contributed by atoms with Gasteiger partial charge in [-0.05, 0) is 26.8 Å². The summed E-state index contributed by atoms with van der Waals surface area (Å²) < 4.78 is 0. The molecule has 1 atom stereocenters. The van der Waals surface area contributed by atoms with Crippen LogP contribution in [0.5, 0.6) is 0 Å². The van der Waals surface area contributed by atoms with Crippen LogP contribution in [0, 0.1) is 5.41 Å². The summed E-state index contributed by atoms with van der Waals surface area (Å²) in [5.74, 6) is -0.458. The Balaban J connectivity index is 2.87. The first-order valence-electron chi connectivity index (χ1n) is 5.85. The Bertz CT molecular complexity index is 502. The lowest BCUT2D eigenvalue weighted by Gasteiger charge is -2.22. The molecule has 104 valence electrons. The Morgan fingerprint density at radius 2 is 2.16 bits per heavy atom. The van der Waals surface area contributed by atoms with Gasteiger partial charge in [0.1, 0.15) is 5.84 Å². The van der Waals surface area contributed by atoms with E-state index in [0.29, 0.717) is 5.71 Å². The summed E-state index contributed by atoms with van der Waals surface area (Å²) in [6.07, 6.45) is 0.747. The third-order valence-electron chi connectivity index (χ3n) is 2.75. The Labute approximate surface area is 117 Å². The number of nitrogens with one attached hydrogen (secondary N) is 1. The SMILES string of the molecule is CN=C(C=C(C)C)CC(=N)N1C(=O)C(C)=C(Cl)C1O. The van der Waals surface area contributed by atoms with Gasteiger partial charge >= 0.3 is 0 Å². The summed E-state index contributed by atoms with van der Waals surface area (Å²) in [6.45, 7) is 5.38. The van der Waals surface area contributed by atoms with Gasteiger partial charge in [0.05, 0.1) is 5.03 Å². The number of amides is 1. The molecule has 0 saturated heterocycles. The number of halogens is 1. The molecule has 0 aromatic carbocycles. The maximum absolute atomic E-state index is 11.9. The molecule has 1 amide bonds. The van der Waals surface area contributed by atoms with Crippen molar-refractivity contribution in [3.63, 3.8) is 0 Å². The highest BCUT2D eigenvalue weighted by molar-refractivity contribution is 6.34. The summed E-state index contributed by atoms with van der Waals surface area (Å²) in [5.41, 5.74) is 2.00. The molecule has 0 saturated carbocycles. The molecule has 0 aromatic heterocycles. The van der Waals surface area contributed by atoms with Crippen LogP contribution < -0.4 is 0 Å². The number of aliphatic hydroxyl groups excluding tert-OH is 1. The van der Waals surface area contributed by atoms with E-state index in [0.717, 1.165) is 10.5 Å². The maximum atomic E-state index is 11.9. The molecule has 6 heteroatoms. The zero-order chi connectivity index (χ0) is 14.7. The Morgan fingerprint density at radius 3 is 2.53 bits per heavy atom. The Morgan fingerprint density at radius 1 is 1.58 bits per heavy atom. The van der Waals surface area contributed by atoms with E-state index in [4.69, 9.17) is 17.0 Å². The van der Waals surface area contributed by atoms with Crippen molar-refractivity contribution < 1.29 is 9.90 Å². The van der Waals surface area contributed by atoms with E-state index in [-0.39, 0.29) is 22.9 Å². The van der Waals surface area contributed by atoms with Gasteiger partial charge in [-0.2, -0.15) is 0 Å². The van der Waals surface area contributed by atoms with Gasteiger partial charge in [0.15, 0.2) is 6.23 Å². The minimum absolute atomic E-state index is 0.0226. The number of hydrogen-bond acceptors (Lipinski definition) is 4. The van der Waals surface area contributed by atoms with E-state index in [1.165, 1.54) is 6.92 Å². The zero-order valence-corrected chi connectivity index (χ0v) is 12.2. The lowest BCUT2D eigenvalue weighted by molar-refractivity contribution is -0.126. The van der Waals surface area contributed by atoms with E-state index >= 15 is 0 Å². The minimum Gasteiger partial charge on any atom is -0.368 e. The summed E-state index contributed by atoms with van der Waals surface area (Å²) in [7, 11) is 1.63. The molecule has 1 heterocycles. The maximum Gasteiger partial charge on any atom is 0.258 e. The van der Waals surface area contributed by atoms with Gasteiger partial charge in [-0.1, -0.05) is 17.2 Å². The van der Waals surface area contributed by atoms with Crippen molar-refractivity contribution in [2.75, 3.05) is 7.05 Å². The van der Waals surface area contributed by atoms with Crippen molar-refractivity contribution >= 4 is 29.1 Å². The van der Waals surface area contributed by atoms with Crippen molar-refractivity contribution in [2.45, 2.75) is 33.4 Å². The van der Waals surface area contributed by atoms with Crippen LogP contribution in [0.2, 0.25) is 0 Å². The van der Waals surface area contributed by atoms with Crippen molar-refractivity contribution in [1.29, 1.82) is 5.41 Å². The first-order valence-corrected chi connectivity index (χ1v) is 6.23. The quantitative estimate of drug-likeness (QED) is 0.614. The lowest BCUT2D eigenvalue weighted by Crippen LogP contribution is -2.40. The van der Waals surface area contributed by atoms with Crippen LogP contribution in [-0.2, 0) is 4.79 Å².